The molecule has 0 saturated carbocycles. The molecule has 0 fully saturated rings. The molecule has 0 N–H and O–H groups in total. The van der Waals surface area contributed by atoms with Crippen LogP contribution in [0.1, 0.15) is 18.2 Å². The third kappa shape index (κ3) is 3.29. The summed E-state index contributed by atoms with van der Waals surface area (Å²) in [5.74, 6) is -0.0589. The summed E-state index contributed by atoms with van der Waals surface area (Å²) >= 11 is 0. The highest BCUT2D eigenvalue weighted by Gasteiger charge is 2.38. The summed E-state index contributed by atoms with van der Waals surface area (Å²) in [5.41, 5.74) is 2.56. The van der Waals surface area contributed by atoms with Crippen LogP contribution < -0.4 is 4.74 Å². The molecule has 1 atom stereocenters. The third-order valence-corrected chi connectivity index (χ3v) is 3.52. The second kappa shape index (κ2) is 6.06. The number of hydrogen-bond acceptors (Lipinski definition) is 5. The van der Waals surface area contributed by atoms with Gasteiger partial charge in [-0.3, -0.25) is 0 Å². The Morgan fingerprint density at radius 2 is 1.92 bits per heavy atom. The van der Waals surface area contributed by atoms with E-state index in [2.05, 4.69) is 19.9 Å². The molecule has 3 aromatic rings. The fourth-order valence-corrected chi connectivity index (χ4v) is 2.14. The zero-order valence-corrected chi connectivity index (χ0v) is 12.9. The summed E-state index contributed by atoms with van der Waals surface area (Å²) in [5, 5.41) is 0. The zero-order valence-electron chi connectivity index (χ0n) is 12.9. The predicted molar refractivity (Wildman–Crippen MR) is 79.5 cm³/mol. The molecule has 6 nitrogen and oxygen atoms in total. The molecule has 0 aliphatic rings. The van der Waals surface area contributed by atoms with Gasteiger partial charge in [-0.1, -0.05) is 6.07 Å². The van der Waals surface area contributed by atoms with Crippen molar-refractivity contribution in [1.29, 1.82) is 0 Å². The minimum atomic E-state index is -4.43. The molecule has 3 aromatic heterocycles. The van der Waals surface area contributed by atoms with Gasteiger partial charge in [-0.05, 0) is 19.4 Å². The summed E-state index contributed by atoms with van der Waals surface area (Å²) in [6.07, 6.45) is -1.60. The molecule has 0 bridgehead atoms. The lowest BCUT2D eigenvalue weighted by Gasteiger charge is -2.17. The number of alkyl halides is 3. The number of hydrogen-bond donors (Lipinski definition) is 0. The SMILES string of the molecule is Cc1nc(OC(C)C(F)(F)F)ccc1Cn1cnc2nccnc21. The summed E-state index contributed by atoms with van der Waals surface area (Å²) in [6, 6.07) is 3.11. The molecule has 0 amide bonds. The number of aromatic nitrogens is 5. The van der Waals surface area contributed by atoms with E-state index in [9.17, 15) is 13.2 Å². The standard InChI is InChI=1S/C15H14F3N5O/c1-9-11(3-4-12(22-9)24-10(2)15(16,17)18)7-23-8-21-13-14(23)20-6-5-19-13/h3-6,8,10H,7H2,1-2H3. The Bertz CT molecular complexity index is 862. The first kappa shape index (κ1) is 16.2. The fourth-order valence-electron chi connectivity index (χ4n) is 2.14. The summed E-state index contributed by atoms with van der Waals surface area (Å²) in [6.45, 7) is 3.09. The molecule has 0 aliphatic heterocycles. The van der Waals surface area contributed by atoms with Gasteiger partial charge in [-0.25, -0.2) is 19.9 Å². The van der Waals surface area contributed by atoms with Crippen LogP contribution in [0.4, 0.5) is 13.2 Å². The van der Waals surface area contributed by atoms with Gasteiger partial charge in [0.05, 0.1) is 12.9 Å². The maximum atomic E-state index is 12.5. The first-order valence-corrected chi connectivity index (χ1v) is 7.16. The van der Waals surface area contributed by atoms with Gasteiger partial charge in [0.2, 0.25) is 5.88 Å². The topological polar surface area (TPSA) is 65.7 Å². The van der Waals surface area contributed by atoms with Crippen LogP contribution in [-0.4, -0.2) is 36.8 Å². The lowest BCUT2D eigenvalue weighted by Crippen LogP contribution is -2.31. The molecule has 3 heterocycles. The number of fused-ring (bicyclic) bond motifs is 1. The van der Waals surface area contributed by atoms with Gasteiger partial charge in [0.25, 0.3) is 0 Å². The average Bonchev–Trinajstić information content (AvgIpc) is 2.92. The monoisotopic (exact) mass is 337 g/mol. The molecule has 1 unspecified atom stereocenters. The number of rotatable bonds is 4. The van der Waals surface area contributed by atoms with Crippen LogP contribution in [0.25, 0.3) is 11.3 Å². The van der Waals surface area contributed by atoms with E-state index in [1.54, 1.807) is 36.3 Å². The molecule has 24 heavy (non-hydrogen) atoms. The van der Waals surface area contributed by atoms with Gasteiger partial charge in [0, 0.05) is 24.2 Å². The largest absolute Gasteiger partial charge is 0.465 e. The van der Waals surface area contributed by atoms with E-state index in [0.29, 0.717) is 23.5 Å². The maximum absolute atomic E-state index is 12.5. The van der Waals surface area contributed by atoms with Gasteiger partial charge in [-0.15, -0.1) is 0 Å². The van der Waals surface area contributed by atoms with Crippen molar-refractivity contribution in [3.05, 3.63) is 42.1 Å². The smallest absolute Gasteiger partial charge is 0.425 e. The van der Waals surface area contributed by atoms with E-state index in [4.69, 9.17) is 4.74 Å². The van der Waals surface area contributed by atoms with Crippen molar-refractivity contribution in [2.75, 3.05) is 0 Å². The van der Waals surface area contributed by atoms with E-state index in [1.807, 2.05) is 0 Å². The van der Waals surface area contributed by atoms with Gasteiger partial charge in [0.15, 0.2) is 17.4 Å². The van der Waals surface area contributed by atoms with Crippen LogP contribution >= 0.6 is 0 Å². The molecule has 3 rings (SSSR count). The lowest BCUT2D eigenvalue weighted by atomic mass is 10.2. The van der Waals surface area contributed by atoms with E-state index >= 15 is 0 Å². The quantitative estimate of drug-likeness (QED) is 0.732. The van der Waals surface area contributed by atoms with Crippen molar-refractivity contribution in [1.82, 2.24) is 24.5 Å². The molecule has 0 aliphatic carbocycles. The van der Waals surface area contributed by atoms with Gasteiger partial charge >= 0.3 is 6.18 Å². The fraction of sp³-hybridized carbons (Fsp3) is 0.333. The van der Waals surface area contributed by atoms with Gasteiger partial charge in [-0.2, -0.15) is 13.2 Å². The molecular formula is C15H14F3N5O. The van der Waals surface area contributed by atoms with E-state index in [1.165, 1.54) is 6.07 Å². The number of ether oxygens (including phenoxy) is 1. The Hall–Kier alpha value is -2.71. The highest BCUT2D eigenvalue weighted by atomic mass is 19.4. The first-order valence-electron chi connectivity index (χ1n) is 7.16. The molecule has 9 heteroatoms. The van der Waals surface area contributed by atoms with Crippen molar-refractivity contribution >= 4 is 11.3 Å². The molecule has 0 aromatic carbocycles. The van der Waals surface area contributed by atoms with Crippen molar-refractivity contribution in [2.45, 2.75) is 32.7 Å². The Labute approximate surface area is 135 Å². The number of nitrogens with zero attached hydrogens (tertiary/aromatic N) is 5. The lowest BCUT2D eigenvalue weighted by molar-refractivity contribution is -0.190. The minimum absolute atomic E-state index is 0.0589. The summed E-state index contributed by atoms with van der Waals surface area (Å²) < 4.78 is 44.3. The average molecular weight is 337 g/mol. The second-order valence-corrected chi connectivity index (χ2v) is 5.27. The second-order valence-electron chi connectivity index (χ2n) is 5.27. The first-order chi connectivity index (χ1) is 11.3. The number of pyridine rings is 1. The number of halogens is 3. The Morgan fingerprint density at radius 3 is 2.62 bits per heavy atom. The van der Waals surface area contributed by atoms with Crippen LogP contribution in [-0.2, 0) is 6.54 Å². The molecule has 0 radical (unpaired) electrons. The molecule has 126 valence electrons. The van der Waals surface area contributed by atoms with Crippen LogP contribution in [0, 0.1) is 6.92 Å². The van der Waals surface area contributed by atoms with Crippen molar-refractivity contribution in [3.63, 3.8) is 0 Å². The Balaban J connectivity index is 1.80. The van der Waals surface area contributed by atoms with Gasteiger partial charge < -0.3 is 9.30 Å². The summed E-state index contributed by atoms with van der Waals surface area (Å²) in [7, 11) is 0. The van der Waals surface area contributed by atoms with E-state index < -0.39 is 12.3 Å². The number of imidazole rings is 1. The highest BCUT2D eigenvalue weighted by Crippen LogP contribution is 2.24. The van der Waals surface area contributed by atoms with Gasteiger partial charge in [0.1, 0.15) is 0 Å². The molecular weight excluding hydrogens is 323 g/mol. The van der Waals surface area contributed by atoms with Crippen molar-refractivity contribution in [3.8, 4) is 5.88 Å². The predicted octanol–water partition coefficient (Wildman–Crippen LogP) is 2.91. The number of aryl methyl sites for hydroxylation is 1. The minimum Gasteiger partial charge on any atom is -0.465 e. The molecule has 0 spiro atoms. The Morgan fingerprint density at radius 1 is 1.17 bits per heavy atom. The highest BCUT2D eigenvalue weighted by molar-refractivity contribution is 5.64. The van der Waals surface area contributed by atoms with Crippen LogP contribution in [0.3, 0.4) is 0 Å². The van der Waals surface area contributed by atoms with Crippen LogP contribution in [0.5, 0.6) is 5.88 Å². The third-order valence-electron chi connectivity index (χ3n) is 3.52. The molecule has 0 saturated heterocycles. The normalized spacial score (nSPS) is 13.2. The van der Waals surface area contributed by atoms with Crippen LogP contribution in [0.2, 0.25) is 0 Å². The zero-order chi connectivity index (χ0) is 17.3. The van der Waals surface area contributed by atoms with E-state index in [0.717, 1.165) is 12.5 Å². The van der Waals surface area contributed by atoms with E-state index in [-0.39, 0.29) is 5.88 Å². The summed E-state index contributed by atoms with van der Waals surface area (Å²) in [4.78, 5) is 16.6. The Kier molecular flexibility index (Phi) is 4.08. The maximum Gasteiger partial charge on any atom is 0.425 e. The van der Waals surface area contributed by atoms with Crippen LogP contribution in [0.15, 0.2) is 30.9 Å². The van der Waals surface area contributed by atoms with Crippen molar-refractivity contribution in [2.24, 2.45) is 0 Å². The van der Waals surface area contributed by atoms with Crippen molar-refractivity contribution < 1.29 is 17.9 Å².